The van der Waals surface area contributed by atoms with E-state index in [4.69, 9.17) is 0 Å². The van der Waals surface area contributed by atoms with E-state index in [-0.39, 0.29) is 16.7 Å². The van der Waals surface area contributed by atoms with Crippen molar-refractivity contribution in [2.45, 2.75) is 43.4 Å². The van der Waals surface area contributed by atoms with Gasteiger partial charge in [-0.3, -0.25) is 0 Å². The van der Waals surface area contributed by atoms with Crippen molar-refractivity contribution in [1.29, 1.82) is 0 Å². The highest BCUT2D eigenvalue weighted by Crippen LogP contribution is 2.63. The number of anilines is 3. The first-order valence-electron chi connectivity index (χ1n) is 21.5. The Morgan fingerprint density at radius 1 is 0.400 bits per heavy atom. The van der Waals surface area contributed by atoms with Crippen molar-refractivity contribution in [2.75, 3.05) is 4.90 Å². The normalized spacial score (nSPS) is 14.8. The largest absolute Gasteiger partial charge is 0.310 e. The van der Waals surface area contributed by atoms with Crippen molar-refractivity contribution < 1.29 is 0 Å². The predicted octanol–water partition coefficient (Wildman–Crippen LogP) is 15.5. The predicted molar refractivity (Wildman–Crippen MR) is 251 cm³/mol. The molecule has 0 bridgehead atoms. The van der Waals surface area contributed by atoms with Crippen molar-refractivity contribution in [3.63, 3.8) is 0 Å². The Kier molecular flexibility index (Phi) is 7.75. The molecule has 1 saturated carbocycles. The molecule has 9 aromatic carbocycles. The molecule has 1 heteroatoms. The topological polar surface area (TPSA) is 3.24 Å². The molecule has 0 saturated heterocycles. The van der Waals surface area contributed by atoms with Crippen LogP contribution in [-0.2, 0) is 10.8 Å². The van der Waals surface area contributed by atoms with E-state index in [1.807, 2.05) is 0 Å². The number of para-hydroxylation sites is 2. The summed E-state index contributed by atoms with van der Waals surface area (Å²) in [6, 6.07) is 77.1. The zero-order chi connectivity index (χ0) is 40.0. The molecule has 3 aliphatic rings. The van der Waals surface area contributed by atoms with Crippen molar-refractivity contribution >= 4 is 27.8 Å². The Hall–Kier alpha value is -6.96. The quantitative estimate of drug-likeness (QED) is 0.146. The maximum absolute atomic E-state index is 2.54. The lowest BCUT2D eigenvalue weighted by Gasteiger charge is -2.32. The molecule has 12 rings (SSSR count). The number of fused-ring (bicyclic) bond motifs is 7. The van der Waals surface area contributed by atoms with Crippen LogP contribution in [0.5, 0.6) is 0 Å². The maximum Gasteiger partial charge on any atom is 0.0540 e. The minimum absolute atomic E-state index is 0.0392. The Morgan fingerprint density at radius 2 is 0.900 bits per heavy atom. The van der Waals surface area contributed by atoms with Gasteiger partial charge >= 0.3 is 0 Å². The average molecular weight is 768 g/mol. The Morgan fingerprint density at radius 3 is 1.48 bits per heavy atom. The van der Waals surface area contributed by atoms with Gasteiger partial charge in [-0.2, -0.15) is 0 Å². The van der Waals surface area contributed by atoms with Crippen LogP contribution in [0.3, 0.4) is 0 Å². The van der Waals surface area contributed by atoms with Gasteiger partial charge in [-0.05, 0) is 133 Å². The molecule has 3 aliphatic carbocycles. The second-order valence-corrected chi connectivity index (χ2v) is 17.7. The molecule has 0 atom stereocenters. The summed E-state index contributed by atoms with van der Waals surface area (Å²) in [6.45, 7) is 4.83. The molecule has 0 radical (unpaired) electrons. The molecule has 60 heavy (non-hydrogen) atoms. The molecule has 0 heterocycles. The van der Waals surface area contributed by atoms with Gasteiger partial charge in [0.2, 0.25) is 0 Å². The number of hydrogen-bond donors (Lipinski definition) is 0. The molecular weight excluding hydrogens is 723 g/mol. The monoisotopic (exact) mass is 767 g/mol. The fourth-order valence-electron chi connectivity index (χ4n) is 10.9. The molecule has 0 aliphatic heterocycles. The highest BCUT2D eigenvalue weighted by molar-refractivity contribution is 6.11. The molecular formula is C59H45N. The Labute approximate surface area is 353 Å². The van der Waals surface area contributed by atoms with Gasteiger partial charge in [-0.15, -0.1) is 0 Å². The SMILES string of the molecule is CC1(C)c2cc(-c3ccc4c(c3)C3(CC3)c3cccc5c(N(c6ccccc6)c6ccccc6)ccc-4c35)ccc2-c2ccc(C(c3ccccc3)c3ccccc3)cc21. The van der Waals surface area contributed by atoms with Gasteiger partial charge in [0.25, 0.3) is 0 Å². The lowest BCUT2D eigenvalue weighted by Crippen LogP contribution is -2.17. The summed E-state index contributed by atoms with van der Waals surface area (Å²) in [7, 11) is 0. The summed E-state index contributed by atoms with van der Waals surface area (Å²) in [5.41, 5.74) is 21.2. The van der Waals surface area contributed by atoms with Crippen molar-refractivity contribution in [2.24, 2.45) is 0 Å². The average Bonchev–Trinajstić information content (AvgIpc) is 4.07. The summed E-state index contributed by atoms with van der Waals surface area (Å²) < 4.78 is 0. The molecule has 0 unspecified atom stereocenters. The van der Waals surface area contributed by atoms with Crippen molar-refractivity contribution in [3.8, 4) is 33.4 Å². The van der Waals surface area contributed by atoms with Gasteiger partial charge in [0, 0.05) is 33.5 Å². The van der Waals surface area contributed by atoms with Crippen LogP contribution in [0.4, 0.5) is 17.1 Å². The lowest BCUT2D eigenvalue weighted by molar-refractivity contribution is 0.659. The molecule has 0 amide bonds. The van der Waals surface area contributed by atoms with Crippen LogP contribution in [0.15, 0.2) is 206 Å². The van der Waals surface area contributed by atoms with Gasteiger partial charge in [-0.1, -0.05) is 178 Å². The zero-order valence-corrected chi connectivity index (χ0v) is 34.1. The number of benzene rings is 9. The Balaban J connectivity index is 0.940. The van der Waals surface area contributed by atoms with Gasteiger partial charge in [0.15, 0.2) is 0 Å². The lowest BCUT2D eigenvalue weighted by atomic mass is 9.73. The van der Waals surface area contributed by atoms with E-state index in [0.717, 1.165) is 11.4 Å². The van der Waals surface area contributed by atoms with Gasteiger partial charge < -0.3 is 4.90 Å². The standard InChI is InChI=1S/C59H45N/c1-58(2)52-36-41(26-29-46(52)47-31-28-43(38-53(47)58)56(39-16-7-3-8-17-39)40-18-9-4-10-19-40)42-27-30-48-49-32-33-55(60(44-20-11-5-12-21-44)45-22-13-6-14-23-45)50-24-15-25-51(57(49)50)59(34-35-59)54(48)37-42/h3-33,36-38,56H,34-35H2,1-2H3. The molecule has 0 N–H and O–H groups in total. The first-order valence-corrected chi connectivity index (χ1v) is 21.5. The van der Waals surface area contributed by atoms with Crippen LogP contribution in [-0.4, -0.2) is 0 Å². The fraction of sp³-hybridized carbons (Fsp3) is 0.119. The van der Waals surface area contributed by atoms with Crippen LogP contribution in [0.25, 0.3) is 44.2 Å². The summed E-state index contributed by atoms with van der Waals surface area (Å²) >= 11 is 0. The second kappa shape index (κ2) is 13.3. The van der Waals surface area contributed by atoms with E-state index >= 15 is 0 Å². The minimum Gasteiger partial charge on any atom is -0.310 e. The van der Waals surface area contributed by atoms with Crippen LogP contribution in [0.1, 0.15) is 71.6 Å². The van der Waals surface area contributed by atoms with Gasteiger partial charge in [-0.25, -0.2) is 0 Å². The van der Waals surface area contributed by atoms with Gasteiger partial charge in [0.05, 0.1) is 5.69 Å². The van der Waals surface area contributed by atoms with E-state index in [9.17, 15) is 0 Å². The summed E-state index contributed by atoms with van der Waals surface area (Å²) in [5, 5.41) is 2.71. The highest BCUT2D eigenvalue weighted by atomic mass is 15.1. The van der Waals surface area contributed by atoms with E-state index in [2.05, 4.69) is 225 Å². The smallest absolute Gasteiger partial charge is 0.0540 e. The van der Waals surface area contributed by atoms with E-state index in [1.165, 1.54) is 102 Å². The number of nitrogens with zero attached hydrogens (tertiary/aromatic N) is 1. The maximum atomic E-state index is 2.54. The number of hydrogen-bond acceptors (Lipinski definition) is 1. The fourth-order valence-corrected chi connectivity index (χ4v) is 10.9. The van der Waals surface area contributed by atoms with Crippen LogP contribution >= 0.6 is 0 Å². The van der Waals surface area contributed by atoms with E-state index in [1.54, 1.807) is 0 Å². The molecule has 286 valence electrons. The molecule has 1 fully saturated rings. The molecule has 9 aromatic rings. The van der Waals surface area contributed by atoms with Crippen molar-refractivity contribution in [3.05, 3.63) is 245 Å². The van der Waals surface area contributed by atoms with E-state index < -0.39 is 0 Å². The van der Waals surface area contributed by atoms with Crippen molar-refractivity contribution in [1.82, 2.24) is 0 Å². The Bertz CT molecular complexity index is 3030. The molecule has 0 aromatic heterocycles. The summed E-state index contributed by atoms with van der Waals surface area (Å²) in [4.78, 5) is 2.42. The third kappa shape index (κ3) is 5.25. The zero-order valence-electron chi connectivity index (χ0n) is 34.1. The molecule has 1 nitrogen and oxygen atoms in total. The van der Waals surface area contributed by atoms with Crippen LogP contribution in [0, 0.1) is 0 Å². The van der Waals surface area contributed by atoms with Gasteiger partial charge in [0.1, 0.15) is 0 Å². The molecule has 1 spiro atoms. The number of rotatable bonds is 7. The minimum atomic E-state index is -0.139. The van der Waals surface area contributed by atoms with E-state index in [0.29, 0.717) is 0 Å². The summed E-state index contributed by atoms with van der Waals surface area (Å²) in [6.07, 6.45) is 2.35. The third-order valence-electron chi connectivity index (χ3n) is 14.0. The van der Waals surface area contributed by atoms with Crippen LogP contribution < -0.4 is 4.90 Å². The van der Waals surface area contributed by atoms with Crippen LogP contribution in [0.2, 0.25) is 0 Å². The summed E-state index contributed by atoms with van der Waals surface area (Å²) in [5.74, 6) is 0.173. The second-order valence-electron chi connectivity index (χ2n) is 17.7. The third-order valence-corrected chi connectivity index (χ3v) is 14.0. The first-order chi connectivity index (χ1) is 29.5. The first kappa shape index (κ1) is 35.0. The highest BCUT2D eigenvalue weighted by Gasteiger charge is 2.50.